The maximum absolute atomic E-state index is 12.4. The second-order valence-corrected chi connectivity index (χ2v) is 10.0. The molecule has 1 saturated carbocycles. The van der Waals surface area contributed by atoms with Crippen LogP contribution in [0.5, 0.6) is 0 Å². The zero-order valence-corrected chi connectivity index (χ0v) is 17.4. The fourth-order valence-electron chi connectivity index (χ4n) is 3.17. The summed E-state index contributed by atoms with van der Waals surface area (Å²) in [5.74, 6) is 0.735. The van der Waals surface area contributed by atoms with Gasteiger partial charge in [0.2, 0.25) is 15.9 Å². The van der Waals surface area contributed by atoms with Crippen LogP contribution in [0.25, 0.3) is 0 Å². The molecule has 0 radical (unpaired) electrons. The van der Waals surface area contributed by atoms with E-state index in [-0.39, 0.29) is 15.8 Å². The number of sulfonamides is 1. The van der Waals surface area contributed by atoms with Crippen molar-refractivity contribution in [2.24, 2.45) is 5.92 Å². The molecule has 7 nitrogen and oxygen atoms in total. The number of nitrogens with zero attached hydrogens (tertiary/aromatic N) is 3. The summed E-state index contributed by atoms with van der Waals surface area (Å²) >= 11 is 6.04. The number of hydrogen-bond donors (Lipinski definition) is 1. The van der Waals surface area contributed by atoms with Crippen molar-refractivity contribution in [1.82, 2.24) is 14.1 Å². The minimum atomic E-state index is -3.67. The van der Waals surface area contributed by atoms with E-state index in [9.17, 15) is 13.2 Å². The van der Waals surface area contributed by atoms with Gasteiger partial charge < -0.3 is 10.2 Å². The van der Waals surface area contributed by atoms with Crippen LogP contribution in [0.2, 0.25) is 5.02 Å². The Labute approximate surface area is 166 Å². The van der Waals surface area contributed by atoms with E-state index in [4.69, 9.17) is 11.6 Å². The quantitative estimate of drug-likeness (QED) is 0.733. The summed E-state index contributed by atoms with van der Waals surface area (Å²) in [5, 5.41) is 2.92. The van der Waals surface area contributed by atoms with E-state index in [1.807, 2.05) is 0 Å². The van der Waals surface area contributed by atoms with E-state index in [2.05, 4.69) is 15.1 Å². The van der Waals surface area contributed by atoms with Crippen LogP contribution >= 0.6 is 11.6 Å². The number of rotatable bonds is 7. The molecule has 1 heterocycles. The molecule has 2 fully saturated rings. The molecular formula is C18H27ClN4O3S. The van der Waals surface area contributed by atoms with Crippen molar-refractivity contribution >= 4 is 33.2 Å². The Balaban J connectivity index is 1.55. The highest BCUT2D eigenvalue weighted by molar-refractivity contribution is 7.89. The number of nitrogens with one attached hydrogen (secondary N) is 1. The van der Waals surface area contributed by atoms with Gasteiger partial charge >= 0.3 is 0 Å². The zero-order valence-electron chi connectivity index (χ0n) is 15.8. The van der Waals surface area contributed by atoms with Crippen LogP contribution in [0, 0.1) is 5.92 Å². The van der Waals surface area contributed by atoms with Gasteiger partial charge in [-0.3, -0.25) is 9.69 Å². The van der Waals surface area contributed by atoms with Crippen LogP contribution in [0.4, 0.5) is 5.69 Å². The molecule has 1 aliphatic heterocycles. The second-order valence-electron chi connectivity index (χ2n) is 7.50. The Morgan fingerprint density at radius 3 is 2.41 bits per heavy atom. The molecule has 2 aliphatic rings. The lowest BCUT2D eigenvalue weighted by atomic mass is 10.2. The van der Waals surface area contributed by atoms with Crippen LogP contribution in [0.1, 0.15) is 12.8 Å². The first-order chi connectivity index (χ1) is 12.8. The first kappa shape index (κ1) is 20.5. The Bertz CT molecular complexity index is 788. The first-order valence-electron chi connectivity index (χ1n) is 9.22. The molecule has 3 rings (SSSR count). The Hall–Kier alpha value is -1.19. The highest BCUT2D eigenvalue weighted by atomic mass is 35.5. The van der Waals surface area contributed by atoms with Gasteiger partial charge in [0, 0.05) is 52.5 Å². The summed E-state index contributed by atoms with van der Waals surface area (Å²) in [6.45, 7) is 5.23. The van der Waals surface area contributed by atoms with Gasteiger partial charge in [-0.25, -0.2) is 12.7 Å². The molecule has 1 amide bonds. The number of amides is 1. The molecule has 1 saturated heterocycles. The number of hydrogen-bond acceptors (Lipinski definition) is 5. The van der Waals surface area contributed by atoms with Gasteiger partial charge in [-0.2, -0.15) is 0 Å². The van der Waals surface area contributed by atoms with Crippen LogP contribution < -0.4 is 5.32 Å². The maximum Gasteiger partial charge on any atom is 0.244 e. The van der Waals surface area contributed by atoms with Gasteiger partial charge in [0.1, 0.15) is 4.90 Å². The number of piperazine rings is 1. The lowest BCUT2D eigenvalue weighted by Crippen LogP contribution is -2.49. The average Bonchev–Trinajstić information content (AvgIpc) is 3.42. The van der Waals surface area contributed by atoms with Crippen molar-refractivity contribution in [3.63, 3.8) is 0 Å². The molecule has 27 heavy (non-hydrogen) atoms. The third-order valence-electron chi connectivity index (χ3n) is 5.02. The number of carbonyl (C=O) groups is 1. The van der Waals surface area contributed by atoms with Crippen molar-refractivity contribution in [2.45, 2.75) is 17.7 Å². The minimum absolute atomic E-state index is 0.0133. The monoisotopic (exact) mass is 414 g/mol. The molecule has 0 spiro atoms. The Morgan fingerprint density at radius 1 is 1.19 bits per heavy atom. The second kappa shape index (κ2) is 8.45. The van der Waals surface area contributed by atoms with Crippen LogP contribution in [0.15, 0.2) is 23.1 Å². The normalized spacial score (nSPS) is 19.4. The number of anilines is 1. The summed E-state index contributed by atoms with van der Waals surface area (Å²) in [6, 6.07) is 4.51. The van der Waals surface area contributed by atoms with Crippen LogP contribution in [-0.2, 0) is 14.8 Å². The largest absolute Gasteiger partial charge is 0.325 e. The van der Waals surface area contributed by atoms with Crippen molar-refractivity contribution in [1.29, 1.82) is 0 Å². The standard InChI is InChI=1S/C18H27ClN4O3S/c1-21(2)27(25,26)17-11-15(5-6-16(17)19)20-18(24)13-23-9-7-22(8-10-23)12-14-3-4-14/h5-6,11,14H,3-4,7-10,12-13H2,1-2H3,(H,20,24). The first-order valence-corrected chi connectivity index (χ1v) is 11.0. The molecule has 1 aliphatic carbocycles. The summed E-state index contributed by atoms with van der Waals surface area (Å²) in [7, 11) is -0.782. The fraction of sp³-hybridized carbons (Fsp3) is 0.611. The predicted molar refractivity (Wildman–Crippen MR) is 107 cm³/mol. The molecule has 9 heteroatoms. The Morgan fingerprint density at radius 2 is 1.81 bits per heavy atom. The van der Waals surface area contributed by atoms with Crippen LogP contribution in [0.3, 0.4) is 0 Å². The number of carbonyl (C=O) groups excluding carboxylic acids is 1. The van der Waals surface area contributed by atoms with Gasteiger partial charge in [-0.1, -0.05) is 11.6 Å². The predicted octanol–water partition coefficient (Wildman–Crippen LogP) is 1.56. The smallest absolute Gasteiger partial charge is 0.244 e. The molecule has 1 aromatic carbocycles. The SMILES string of the molecule is CN(C)S(=O)(=O)c1cc(NC(=O)CN2CCN(CC3CC3)CC2)ccc1Cl. The summed E-state index contributed by atoms with van der Waals surface area (Å²) in [5.41, 5.74) is 0.428. The highest BCUT2D eigenvalue weighted by Crippen LogP contribution is 2.30. The van der Waals surface area contributed by atoms with Gasteiger partial charge in [-0.05, 0) is 37.0 Å². The van der Waals surface area contributed by atoms with Crippen molar-refractivity contribution in [2.75, 3.05) is 58.7 Å². The maximum atomic E-state index is 12.4. The van der Waals surface area contributed by atoms with Gasteiger partial charge in [0.15, 0.2) is 0 Å². The molecule has 150 valence electrons. The topological polar surface area (TPSA) is 73.0 Å². The van der Waals surface area contributed by atoms with Gasteiger partial charge in [-0.15, -0.1) is 0 Å². The minimum Gasteiger partial charge on any atom is -0.325 e. The molecule has 1 N–H and O–H groups in total. The van der Waals surface area contributed by atoms with E-state index >= 15 is 0 Å². The lowest BCUT2D eigenvalue weighted by molar-refractivity contribution is -0.117. The Kier molecular flexibility index (Phi) is 6.43. The number of benzene rings is 1. The van der Waals surface area contributed by atoms with Crippen molar-refractivity contribution in [3.05, 3.63) is 23.2 Å². The molecule has 0 aromatic heterocycles. The summed E-state index contributed by atoms with van der Waals surface area (Å²) < 4.78 is 25.8. The fourth-order valence-corrected chi connectivity index (χ4v) is 4.57. The third kappa shape index (κ3) is 5.42. The zero-order chi connectivity index (χ0) is 19.6. The van der Waals surface area contributed by atoms with Crippen LogP contribution in [-0.4, -0.2) is 81.8 Å². The van der Waals surface area contributed by atoms with E-state index < -0.39 is 10.0 Å². The van der Waals surface area contributed by atoms with E-state index in [0.717, 1.165) is 36.4 Å². The molecule has 0 bridgehead atoms. The number of halogens is 1. The molecule has 0 atom stereocenters. The van der Waals surface area contributed by atoms with E-state index in [0.29, 0.717) is 12.2 Å². The average molecular weight is 415 g/mol. The molecule has 1 aromatic rings. The van der Waals surface area contributed by atoms with Crippen molar-refractivity contribution in [3.8, 4) is 0 Å². The van der Waals surface area contributed by atoms with E-state index in [1.165, 1.54) is 45.6 Å². The summed E-state index contributed by atoms with van der Waals surface area (Å²) in [6.07, 6.45) is 2.71. The van der Waals surface area contributed by atoms with E-state index in [1.54, 1.807) is 6.07 Å². The molecule has 0 unspecified atom stereocenters. The van der Waals surface area contributed by atoms with Gasteiger partial charge in [0.05, 0.1) is 11.6 Å². The summed E-state index contributed by atoms with van der Waals surface area (Å²) in [4.78, 5) is 17.0. The third-order valence-corrected chi connectivity index (χ3v) is 7.32. The highest BCUT2D eigenvalue weighted by Gasteiger charge is 2.27. The van der Waals surface area contributed by atoms with Gasteiger partial charge in [0.25, 0.3) is 0 Å². The van der Waals surface area contributed by atoms with Crippen molar-refractivity contribution < 1.29 is 13.2 Å². The lowest BCUT2D eigenvalue weighted by Gasteiger charge is -2.34. The molecular weight excluding hydrogens is 388 g/mol.